The number of furan rings is 1. The van der Waals surface area contributed by atoms with Crippen LogP contribution in [0.2, 0.25) is 0 Å². The van der Waals surface area contributed by atoms with Crippen LogP contribution < -0.4 is 10.1 Å². The fourth-order valence-corrected chi connectivity index (χ4v) is 2.73. The van der Waals surface area contributed by atoms with Crippen LogP contribution in [-0.4, -0.2) is 12.5 Å². The number of nitrogens with one attached hydrogen (secondary N) is 1. The molecule has 1 unspecified atom stereocenters. The summed E-state index contributed by atoms with van der Waals surface area (Å²) in [5.74, 6) is 1.61. The van der Waals surface area contributed by atoms with Crippen molar-refractivity contribution >= 4 is 16.9 Å². The van der Waals surface area contributed by atoms with Crippen LogP contribution in [0.5, 0.6) is 5.75 Å². The van der Waals surface area contributed by atoms with Gasteiger partial charge in [-0.3, -0.25) is 4.79 Å². The lowest BCUT2D eigenvalue weighted by Gasteiger charge is -2.11. The van der Waals surface area contributed by atoms with Gasteiger partial charge in [-0.05, 0) is 50.1 Å². The molecular formula is C21H23NO3. The fourth-order valence-electron chi connectivity index (χ4n) is 2.73. The molecule has 4 heteroatoms. The average molecular weight is 337 g/mol. The minimum Gasteiger partial charge on any atom is -0.494 e. The maximum atomic E-state index is 12.1. The molecule has 0 saturated heterocycles. The Morgan fingerprint density at radius 1 is 1.16 bits per heavy atom. The molecule has 130 valence electrons. The Hall–Kier alpha value is -2.75. The number of amides is 1. The Morgan fingerprint density at radius 2 is 2.00 bits per heavy atom. The van der Waals surface area contributed by atoms with E-state index < -0.39 is 0 Å². The molecule has 1 aromatic heterocycles. The van der Waals surface area contributed by atoms with Gasteiger partial charge in [0, 0.05) is 11.8 Å². The van der Waals surface area contributed by atoms with E-state index in [2.05, 4.69) is 5.32 Å². The van der Waals surface area contributed by atoms with Gasteiger partial charge in [0.25, 0.3) is 0 Å². The number of rotatable bonds is 7. The predicted octanol–water partition coefficient (Wildman–Crippen LogP) is 4.78. The molecular weight excluding hydrogens is 314 g/mol. The minimum absolute atomic E-state index is 0.000739. The van der Waals surface area contributed by atoms with E-state index in [0.29, 0.717) is 19.4 Å². The fraction of sp³-hybridized carbons (Fsp3) is 0.286. The first-order valence-electron chi connectivity index (χ1n) is 8.59. The summed E-state index contributed by atoms with van der Waals surface area (Å²) in [6.07, 6.45) is 1.10. The summed E-state index contributed by atoms with van der Waals surface area (Å²) in [6.45, 7) is 4.48. The molecule has 1 atom stereocenters. The van der Waals surface area contributed by atoms with Crippen LogP contribution in [0.15, 0.2) is 59.0 Å². The second-order valence-corrected chi connectivity index (χ2v) is 6.24. The minimum atomic E-state index is -0.155. The highest BCUT2D eigenvalue weighted by molar-refractivity contribution is 5.79. The highest BCUT2D eigenvalue weighted by atomic mass is 16.5. The quantitative estimate of drug-likeness (QED) is 0.631. The summed E-state index contributed by atoms with van der Waals surface area (Å²) < 4.78 is 11.5. The zero-order valence-electron chi connectivity index (χ0n) is 14.6. The van der Waals surface area contributed by atoms with Crippen LogP contribution >= 0.6 is 0 Å². The van der Waals surface area contributed by atoms with Gasteiger partial charge >= 0.3 is 0 Å². The number of carbonyl (C=O) groups excluding carboxylic acids is 1. The Balaban J connectivity index is 1.44. The van der Waals surface area contributed by atoms with Crippen molar-refractivity contribution in [2.45, 2.75) is 32.7 Å². The van der Waals surface area contributed by atoms with E-state index in [1.54, 1.807) is 0 Å². The average Bonchev–Trinajstić information content (AvgIpc) is 3.03. The topological polar surface area (TPSA) is 51.5 Å². The molecule has 0 aliphatic carbocycles. The van der Waals surface area contributed by atoms with Gasteiger partial charge in [0.2, 0.25) is 5.91 Å². The molecule has 0 saturated carbocycles. The predicted molar refractivity (Wildman–Crippen MR) is 98.7 cm³/mol. The first kappa shape index (κ1) is 17.1. The number of carbonyl (C=O) groups is 1. The zero-order chi connectivity index (χ0) is 17.6. The number of para-hydroxylation sites is 1. The normalized spacial score (nSPS) is 12.1. The maximum absolute atomic E-state index is 12.1. The summed E-state index contributed by atoms with van der Waals surface area (Å²) >= 11 is 0. The van der Waals surface area contributed by atoms with Gasteiger partial charge in [-0.25, -0.2) is 0 Å². The highest BCUT2D eigenvalue weighted by Crippen LogP contribution is 2.23. The largest absolute Gasteiger partial charge is 0.494 e. The van der Waals surface area contributed by atoms with Gasteiger partial charge in [0.05, 0.1) is 12.6 Å². The third-order valence-electron chi connectivity index (χ3n) is 4.06. The van der Waals surface area contributed by atoms with E-state index in [1.165, 1.54) is 0 Å². The van der Waals surface area contributed by atoms with E-state index in [-0.39, 0.29) is 11.9 Å². The molecule has 0 bridgehead atoms. The highest BCUT2D eigenvalue weighted by Gasteiger charge is 2.13. The molecule has 1 amide bonds. The molecule has 3 aromatic rings. The molecule has 4 nitrogen and oxygen atoms in total. The zero-order valence-corrected chi connectivity index (χ0v) is 14.6. The first-order valence-corrected chi connectivity index (χ1v) is 8.59. The molecule has 0 aliphatic rings. The molecule has 3 rings (SSSR count). The monoisotopic (exact) mass is 337 g/mol. The van der Waals surface area contributed by atoms with Crippen LogP contribution in [0.4, 0.5) is 0 Å². The lowest BCUT2D eigenvalue weighted by Crippen LogP contribution is -2.26. The van der Waals surface area contributed by atoms with E-state index >= 15 is 0 Å². The Kier molecular flexibility index (Phi) is 5.39. The van der Waals surface area contributed by atoms with Gasteiger partial charge in [-0.2, -0.15) is 0 Å². The molecule has 1 N–H and O–H groups in total. The van der Waals surface area contributed by atoms with Crippen molar-refractivity contribution in [2.75, 3.05) is 6.61 Å². The molecule has 0 fully saturated rings. The van der Waals surface area contributed by atoms with Gasteiger partial charge in [-0.1, -0.05) is 30.3 Å². The van der Waals surface area contributed by atoms with Gasteiger partial charge in [0.1, 0.15) is 17.1 Å². The molecule has 1 heterocycles. The van der Waals surface area contributed by atoms with E-state index in [1.807, 2.05) is 68.4 Å². The number of hydrogen-bond donors (Lipinski definition) is 1. The van der Waals surface area contributed by atoms with Crippen LogP contribution in [0.25, 0.3) is 11.0 Å². The van der Waals surface area contributed by atoms with Crippen LogP contribution in [0, 0.1) is 6.92 Å². The third-order valence-corrected chi connectivity index (χ3v) is 4.06. The third kappa shape index (κ3) is 4.63. The van der Waals surface area contributed by atoms with Crippen LogP contribution in [0.1, 0.15) is 37.1 Å². The Morgan fingerprint density at radius 3 is 2.80 bits per heavy atom. The number of ether oxygens (including phenoxy) is 1. The lowest BCUT2D eigenvalue weighted by atomic mass is 10.2. The molecule has 0 spiro atoms. The van der Waals surface area contributed by atoms with E-state index in [9.17, 15) is 4.79 Å². The van der Waals surface area contributed by atoms with Gasteiger partial charge in [-0.15, -0.1) is 0 Å². The number of benzene rings is 2. The van der Waals surface area contributed by atoms with Crippen molar-refractivity contribution in [3.8, 4) is 5.75 Å². The SMILES string of the molecule is Cc1cccc(OCCCC(=O)NC(C)c2cc3ccccc3o2)c1. The standard InChI is InChI=1S/C21H23NO3/c1-15-7-5-9-18(13-15)24-12-6-11-21(23)22-16(2)20-14-17-8-3-4-10-19(17)25-20/h3-5,7-10,13-14,16H,6,11-12H2,1-2H3,(H,22,23). The first-order chi connectivity index (χ1) is 12.1. The second kappa shape index (κ2) is 7.88. The molecule has 0 radical (unpaired) electrons. The van der Waals surface area contributed by atoms with Crippen molar-refractivity contribution in [3.05, 3.63) is 65.9 Å². The van der Waals surface area contributed by atoms with E-state index in [0.717, 1.165) is 28.0 Å². The Bertz CT molecular complexity index is 820. The van der Waals surface area contributed by atoms with Crippen molar-refractivity contribution in [2.24, 2.45) is 0 Å². The smallest absolute Gasteiger partial charge is 0.220 e. The van der Waals surface area contributed by atoms with Gasteiger partial charge in [0.15, 0.2) is 0 Å². The number of fused-ring (bicyclic) bond motifs is 1. The summed E-state index contributed by atoms with van der Waals surface area (Å²) in [4.78, 5) is 12.1. The second-order valence-electron chi connectivity index (χ2n) is 6.24. The summed E-state index contributed by atoms with van der Waals surface area (Å²) in [5.41, 5.74) is 2.00. The lowest BCUT2D eigenvalue weighted by molar-refractivity contribution is -0.122. The van der Waals surface area contributed by atoms with Crippen LogP contribution in [0.3, 0.4) is 0 Å². The maximum Gasteiger partial charge on any atom is 0.220 e. The van der Waals surface area contributed by atoms with Crippen molar-refractivity contribution in [1.29, 1.82) is 0 Å². The van der Waals surface area contributed by atoms with Crippen molar-refractivity contribution < 1.29 is 13.9 Å². The molecule has 0 aliphatic heterocycles. The van der Waals surface area contributed by atoms with Crippen molar-refractivity contribution in [3.63, 3.8) is 0 Å². The summed E-state index contributed by atoms with van der Waals surface area (Å²) in [5, 5.41) is 4.02. The van der Waals surface area contributed by atoms with Crippen LogP contribution in [-0.2, 0) is 4.79 Å². The summed E-state index contributed by atoms with van der Waals surface area (Å²) in [7, 11) is 0. The number of aryl methyl sites for hydroxylation is 1. The van der Waals surface area contributed by atoms with Gasteiger partial charge < -0.3 is 14.5 Å². The van der Waals surface area contributed by atoms with Crippen molar-refractivity contribution in [1.82, 2.24) is 5.32 Å². The van der Waals surface area contributed by atoms with E-state index in [4.69, 9.17) is 9.15 Å². The molecule has 2 aromatic carbocycles. The molecule has 25 heavy (non-hydrogen) atoms. The summed E-state index contributed by atoms with van der Waals surface area (Å²) in [6, 6.07) is 17.6. The Labute approximate surface area is 147 Å². The number of hydrogen-bond acceptors (Lipinski definition) is 3.